The number of aromatic nitrogens is 1. The van der Waals surface area contributed by atoms with Crippen molar-refractivity contribution in [3.05, 3.63) is 83.9 Å². The van der Waals surface area contributed by atoms with Crippen LogP contribution in [0.2, 0.25) is 0 Å². The molecule has 1 N–H and O–H groups in total. The second-order valence-electron chi connectivity index (χ2n) is 7.59. The Morgan fingerprint density at radius 2 is 1.77 bits per heavy atom. The second kappa shape index (κ2) is 8.32. The second-order valence-corrected chi connectivity index (χ2v) is 7.59. The van der Waals surface area contributed by atoms with Gasteiger partial charge in [0.15, 0.2) is 0 Å². The molecule has 1 aliphatic heterocycles. The molecule has 3 aromatic rings. The van der Waals surface area contributed by atoms with E-state index in [0.717, 1.165) is 5.56 Å². The number of halogens is 2. The Morgan fingerprint density at radius 1 is 1.00 bits per heavy atom. The molecule has 0 bridgehead atoms. The van der Waals surface area contributed by atoms with Gasteiger partial charge in [-0.1, -0.05) is 24.3 Å². The first kappa shape index (κ1) is 20.2. The van der Waals surface area contributed by atoms with Crippen LogP contribution in [-0.4, -0.2) is 29.1 Å². The van der Waals surface area contributed by atoms with Crippen molar-refractivity contribution in [2.24, 2.45) is 0 Å². The van der Waals surface area contributed by atoms with Gasteiger partial charge in [-0.2, -0.15) is 0 Å². The maximum absolute atomic E-state index is 14.5. The van der Waals surface area contributed by atoms with Gasteiger partial charge in [0.05, 0.1) is 5.69 Å². The van der Waals surface area contributed by atoms with Gasteiger partial charge >= 0.3 is 0 Å². The van der Waals surface area contributed by atoms with E-state index in [9.17, 15) is 18.7 Å². The average Bonchev–Trinajstić information content (AvgIpc) is 2.75. The van der Waals surface area contributed by atoms with Crippen LogP contribution in [0.3, 0.4) is 0 Å². The summed E-state index contributed by atoms with van der Waals surface area (Å²) in [7, 11) is 0. The van der Waals surface area contributed by atoms with Crippen LogP contribution in [-0.2, 0) is 10.2 Å². The number of aliphatic hydroxyl groups excluding tert-OH is 1. The SMILES string of the molecule is O=C1CC(CCO)(c2ccccc2F)CCN1c1cccc(-c2ccc(F)cc2)n1. The third-order valence-electron chi connectivity index (χ3n) is 5.79. The van der Waals surface area contributed by atoms with Gasteiger partial charge in [0, 0.05) is 30.6 Å². The van der Waals surface area contributed by atoms with E-state index in [1.807, 2.05) is 0 Å². The molecule has 0 saturated carbocycles. The Bertz CT molecular complexity index is 1060. The number of hydrogen-bond acceptors (Lipinski definition) is 3. The molecule has 4 nitrogen and oxygen atoms in total. The molecule has 0 spiro atoms. The van der Waals surface area contributed by atoms with Gasteiger partial charge in [-0.3, -0.25) is 9.69 Å². The summed E-state index contributed by atoms with van der Waals surface area (Å²) in [5.41, 5.74) is 1.13. The van der Waals surface area contributed by atoms with Gasteiger partial charge in [0.2, 0.25) is 5.91 Å². The van der Waals surface area contributed by atoms with Crippen LogP contribution in [0.5, 0.6) is 0 Å². The molecule has 1 aromatic heterocycles. The summed E-state index contributed by atoms with van der Waals surface area (Å²) < 4.78 is 27.7. The molecular weight excluding hydrogens is 386 g/mol. The fourth-order valence-corrected chi connectivity index (χ4v) is 4.20. The van der Waals surface area contributed by atoms with E-state index in [1.54, 1.807) is 53.4 Å². The molecule has 2 heterocycles. The van der Waals surface area contributed by atoms with E-state index in [4.69, 9.17) is 0 Å². The molecule has 30 heavy (non-hydrogen) atoms. The third-order valence-corrected chi connectivity index (χ3v) is 5.79. The highest BCUT2D eigenvalue weighted by molar-refractivity contribution is 5.94. The lowest BCUT2D eigenvalue weighted by atomic mass is 9.70. The highest BCUT2D eigenvalue weighted by Crippen LogP contribution is 2.41. The molecule has 1 saturated heterocycles. The number of benzene rings is 2. The first-order valence-corrected chi connectivity index (χ1v) is 9.92. The van der Waals surface area contributed by atoms with Crippen LogP contribution in [0.4, 0.5) is 14.6 Å². The molecule has 0 aliphatic carbocycles. The predicted molar refractivity (Wildman–Crippen MR) is 111 cm³/mol. The normalized spacial score (nSPS) is 19.2. The molecule has 1 aliphatic rings. The molecule has 0 radical (unpaired) electrons. The minimum atomic E-state index is -0.734. The third kappa shape index (κ3) is 3.83. The average molecular weight is 408 g/mol. The number of carbonyl (C=O) groups excluding carboxylic acids is 1. The highest BCUT2D eigenvalue weighted by atomic mass is 19.1. The van der Waals surface area contributed by atoms with Gasteiger partial charge in [-0.25, -0.2) is 13.8 Å². The predicted octanol–water partition coefficient (Wildman–Crippen LogP) is 4.47. The maximum Gasteiger partial charge on any atom is 0.229 e. The van der Waals surface area contributed by atoms with Crippen LogP contribution < -0.4 is 4.90 Å². The Hall–Kier alpha value is -3.12. The molecule has 6 heteroatoms. The number of carbonyl (C=O) groups is 1. The van der Waals surface area contributed by atoms with Crippen molar-refractivity contribution >= 4 is 11.7 Å². The Balaban J connectivity index is 1.62. The molecule has 1 fully saturated rings. The number of aliphatic hydroxyl groups is 1. The monoisotopic (exact) mass is 408 g/mol. The van der Waals surface area contributed by atoms with Gasteiger partial charge in [0.25, 0.3) is 0 Å². The van der Waals surface area contributed by atoms with Crippen molar-refractivity contribution in [2.45, 2.75) is 24.7 Å². The quantitative estimate of drug-likeness (QED) is 0.678. The summed E-state index contributed by atoms with van der Waals surface area (Å²) in [6, 6.07) is 17.8. The number of nitrogens with zero attached hydrogens (tertiary/aromatic N) is 2. The summed E-state index contributed by atoms with van der Waals surface area (Å²) in [4.78, 5) is 19.3. The van der Waals surface area contributed by atoms with Gasteiger partial charge < -0.3 is 5.11 Å². The summed E-state index contributed by atoms with van der Waals surface area (Å²) in [5.74, 6) is -0.340. The lowest BCUT2D eigenvalue weighted by molar-refractivity contribution is -0.121. The van der Waals surface area contributed by atoms with Crippen molar-refractivity contribution in [1.29, 1.82) is 0 Å². The number of amides is 1. The fraction of sp³-hybridized carbons (Fsp3) is 0.250. The zero-order valence-electron chi connectivity index (χ0n) is 16.4. The molecule has 154 valence electrons. The zero-order valence-corrected chi connectivity index (χ0v) is 16.4. The van der Waals surface area contributed by atoms with Crippen molar-refractivity contribution in [1.82, 2.24) is 4.98 Å². The highest BCUT2D eigenvalue weighted by Gasteiger charge is 2.42. The molecule has 4 rings (SSSR count). The Kier molecular flexibility index (Phi) is 5.59. The molecule has 2 aromatic carbocycles. The first-order valence-electron chi connectivity index (χ1n) is 9.92. The lowest BCUT2D eigenvalue weighted by Gasteiger charge is -2.41. The summed E-state index contributed by atoms with van der Waals surface area (Å²) in [5, 5.41) is 9.60. The summed E-state index contributed by atoms with van der Waals surface area (Å²) in [6.45, 7) is 0.243. The van der Waals surface area contributed by atoms with Crippen molar-refractivity contribution in [3.8, 4) is 11.3 Å². The van der Waals surface area contributed by atoms with Gasteiger partial charge in [-0.15, -0.1) is 0 Å². The van der Waals surface area contributed by atoms with Crippen molar-refractivity contribution in [2.75, 3.05) is 18.1 Å². The number of hydrogen-bond donors (Lipinski definition) is 1. The van der Waals surface area contributed by atoms with Crippen LogP contribution in [0.15, 0.2) is 66.7 Å². The maximum atomic E-state index is 14.5. The van der Waals surface area contributed by atoms with Crippen molar-refractivity contribution < 1.29 is 18.7 Å². The fourth-order valence-electron chi connectivity index (χ4n) is 4.20. The summed E-state index contributed by atoms with van der Waals surface area (Å²) in [6.07, 6.45) is 0.927. The van der Waals surface area contributed by atoms with E-state index in [1.165, 1.54) is 18.2 Å². The first-order chi connectivity index (χ1) is 14.5. The number of pyridine rings is 1. The van der Waals surface area contributed by atoms with Gasteiger partial charge in [0.1, 0.15) is 17.5 Å². The number of anilines is 1. The van der Waals surface area contributed by atoms with E-state index >= 15 is 0 Å². The minimum Gasteiger partial charge on any atom is -0.396 e. The standard InChI is InChI=1S/C24H22F2N2O2/c25-18-10-8-17(9-11-18)21-6-3-7-22(27-21)28-14-12-24(13-15-29,16-23(28)30)19-4-1-2-5-20(19)26/h1-11,29H,12-16H2. The smallest absolute Gasteiger partial charge is 0.229 e. The Labute approximate surface area is 173 Å². The molecule has 1 unspecified atom stereocenters. The lowest BCUT2D eigenvalue weighted by Crippen LogP contribution is -2.47. The summed E-state index contributed by atoms with van der Waals surface area (Å²) >= 11 is 0. The van der Waals surface area contributed by atoms with Crippen LogP contribution in [0.1, 0.15) is 24.8 Å². The number of piperidine rings is 1. The molecular formula is C24H22F2N2O2. The largest absolute Gasteiger partial charge is 0.396 e. The van der Waals surface area contributed by atoms with Crippen molar-refractivity contribution in [3.63, 3.8) is 0 Å². The molecule has 1 atom stereocenters. The molecule has 1 amide bonds. The van der Waals surface area contributed by atoms with E-state index < -0.39 is 5.41 Å². The number of rotatable bonds is 5. The topological polar surface area (TPSA) is 53.4 Å². The van der Waals surface area contributed by atoms with E-state index in [2.05, 4.69) is 4.98 Å². The van der Waals surface area contributed by atoms with E-state index in [-0.39, 0.29) is 30.6 Å². The van der Waals surface area contributed by atoms with E-state index in [0.29, 0.717) is 36.5 Å². The minimum absolute atomic E-state index is 0.0942. The van der Waals surface area contributed by atoms with Crippen LogP contribution in [0, 0.1) is 11.6 Å². The zero-order chi connectivity index (χ0) is 21.1. The Morgan fingerprint density at radius 3 is 2.47 bits per heavy atom. The van der Waals surface area contributed by atoms with Gasteiger partial charge in [-0.05, 0) is 60.9 Å². The van der Waals surface area contributed by atoms with Crippen LogP contribution >= 0.6 is 0 Å². The van der Waals surface area contributed by atoms with Crippen LogP contribution in [0.25, 0.3) is 11.3 Å².